The van der Waals surface area contributed by atoms with Gasteiger partial charge in [-0.2, -0.15) is 0 Å². The molecule has 0 unspecified atom stereocenters. The lowest BCUT2D eigenvalue weighted by atomic mass is 10.1. The Morgan fingerprint density at radius 2 is 1.80 bits per heavy atom. The minimum Gasteiger partial charge on any atom is -0.494 e. The molecule has 0 atom stereocenters. The Hall–Kier alpha value is -3.94. The minimum absolute atomic E-state index is 0.00322. The Kier molecular flexibility index (Phi) is 6.94. The first-order valence-electron chi connectivity index (χ1n) is 9.44. The molecule has 0 radical (unpaired) electrons. The zero-order valence-corrected chi connectivity index (χ0v) is 16.4. The summed E-state index contributed by atoms with van der Waals surface area (Å²) in [7, 11) is 0. The molecule has 8 heteroatoms. The van der Waals surface area contributed by atoms with Crippen LogP contribution in [0.2, 0.25) is 0 Å². The summed E-state index contributed by atoms with van der Waals surface area (Å²) >= 11 is 0. The number of nitrogens with one attached hydrogen (secondary N) is 1. The number of carbonyl (C=O) groups is 1. The van der Waals surface area contributed by atoms with E-state index >= 15 is 0 Å². The number of nitrogens with zero attached hydrogens (tertiary/aromatic N) is 2. The van der Waals surface area contributed by atoms with Gasteiger partial charge in [-0.3, -0.25) is 14.9 Å². The molecular formula is C22H21N3O5. The van der Waals surface area contributed by atoms with Gasteiger partial charge >= 0.3 is 0 Å². The molecule has 8 nitrogen and oxygen atoms in total. The normalized spacial score (nSPS) is 10.3. The highest BCUT2D eigenvalue weighted by molar-refractivity contribution is 5.98. The maximum atomic E-state index is 12.4. The summed E-state index contributed by atoms with van der Waals surface area (Å²) in [6.07, 6.45) is 2.51. The van der Waals surface area contributed by atoms with E-state index in [1.54, 1.807) is 36.5 Å². The van der Waals surface area contributed by atoms with Crippen molar-refractivity contribution in [1.29, 1.82) is 0 Å². The molecule has 0 fully saturated rings. The van der Waals surface area contributed by atoms with Crippen LogP contribution in [0.1, 0.15) is 29.3 Å². The average Bonchev–Trinajstić information content (AvgIpc) is 2.77. The third-order valence-electron chi connectivity index (χ3n) is 4.15. The van der Waals surface area contributed by atoms with Crippen LogP contribution in [0.15, 0.2) is 66.9 Å². The van der Waals surface area contributed by atoms with E-state index in [4.69, 9.17) is 9.47 Å². The molecule has 1 heterocycles. The lowest BCUT2D eigenvalue weighted by molar-refractivity contribution is -0.385. The van der Waals surface area contributed by atoms with E-state index in [1.165, 1.54) is 18.2 Å². The van der Waals surface area contributed by atoms with E-state index in [-0.39, 0.29) is 17.8 Å². The molecule has 0 aliphatic heterocycles. The average molecular weight is 407 g/mol. The quantitative estimate of drug-likeness (QED) is 0.414. The molecule has 2 aromatic carbocycles. The van der Waals surface area contributed by atoms with Crippen molar-refractivity contribution in [3.8, 4) is 17.4 Å². The van der Waals surface area contributed by atoms with Crippen LogP contribution in [0.4, 0.5) is 5.69 Å². The van der Waals surface area contributed by atoms with E-state index in [0.717, 1.165) is 12.2 Å². The summed E-state index contributed by atoms with van der Waals surface area (Å²) in [5.74, 6) is 1.11. The Balaban J connectivity index is 1.69. The van der Waals surface area contributed by atoms with Crippen molar-refractivity contribution in [2.75, 3.05) is 6.61 Å². The summed E-state index contributed by atoms with van der Waals surface area (Å²) in [6.45, 7) is 2.78. The topological polar surface area (TPSA) is 104 Å². The molecule has 0 spiro atoms. The molecule has 0 saturated carbocycles. The maximum Gasteiger partial charge on any atom is 0.282 e. The summed E-state index contributed by atoms with van der Waals surface area (Å²) in [5.41, 5.74) is 0.385. The molecule has 1 amide bonds. The van der Waals surface area contributed by atoms with Crippen molar-refractivity contribution >= 4 is 11.6 Å². The molecule has 30 heavy (non-hydrogen) atoms. The number of rotatable bonds is 9. The summed E-state index contributed by atoms with van der Waals surface area (Å²) in [6, 6.07) is 16.5. The van der Waals surface area contributed by atoms with Crippen LogP contribution in [0.3, 0.4) is 0 Å². The Bertz CT molecular complexity index is 1020. The predicted molar refractivity (Wildman–Crippen MR) is 111 cm³/mol. The first-order valence-corrected chi connectivity index (χ1v) is 9.44. The monoisotopic (exact) mass is 407 g/mol. The number of ether oxygens (including phenoxy) is 2. The van der Waals surface area contributed by atoms with Crippen LogP contribution in [-0.2, 0) is 6.54 Å². The van der Waals surface area contributed by atoms with Crippen LogP contribution in [0.25, 0.3) is 0 Å². The van der Waals surface area contributed by atoms with E-state index in [1.807, 2.05) is 19.1 Å². The van der Waals surface area contributed by atoms with Crippen LogP contribution in [0.5, 0.6) is 17.4 Å². The standard InChI is InChI=1S/C22H21N3O5/c1-2-14-29-17-9-11-18(12-10-17)30-22-16(6-5-13-23-22)15-24-21(26)19-7-3-4-8-20(19)25(27)28/h3-13H,2,14-15H2,1H3,(H,24,26). The van der Waals surface area contributed by atoms with Crippen LogP contribution in [0, 0.1) is 10.1 Å². The number of pyridine rings is 1. The molecule has 3 rings (SSSR count). The molecule has 154 valence electrons. The van der Waals surface area contributed by atoms with Crippen molar-refractivity contribution in [3.05, 3.63) is 88.1 Å². The van der Waals surface area contributed by atoms with Gasteiger partial charge in [0.1, 0.15) is 17.1 Å². The SMILES string of the molecule is CCCOc1ccc(Oc2ncccc2CNC(=O)c2ccccc2[N+](=O)[O-])cc1. The van der Waals surface area contributed by atoms with Gasteiger partial charge in [-0.15, -0.1) is 0 Å². The first kappa shape index (κ1) is 20.8. The number of aromatic nitrogens is 1. The van der Waals surface area contributed by atoms with Gasteiger partial charge in [-0.05, 0) is 42.8 Å². The van der Waals surface area contributed by atoms with Gasteiger partial charge in [-0.1, -0.05) is 25.1 Å². The highest BCUT2D eigenvalue weighted by atomic mass is 16.6. The fraction of sp³-hybridized carbons (Fsp3) is 0.182. The second kappa shape index (κ2) is 10.0. The molecule has 0 bridgehead atoms. The number of carbonyl (C=O) groups excluding carboxylic acids is 1. The van der Waals surface area contributed by atoms with Crippen molar-refractivity contribution in [2.45, 2.75) is 19.9 Å². The van der Waals surface area contributed by atoms with Gasteiger partial charge in [0, 0.05) is 24.4 Å². The van der Waals surface area contributed by atoms with Gasteiger partial charge in [0.2, 0.25) is 5.88 Å². The fourth-order valence-electron chi connectivity index (χ4n) is 2.68. The van der Waals surface area contributed by atoms with Gasteiger partial charge in [0.15, 0.2) is 0 Å². The number of nitro benzene ring substituents is 1. The van der Waals surface area contributed by atoms with Gasteiger partial charge in [-0.25, -0.2) is 4.98 Å². The number of amides is 1. The van der Waals surface area contributed by atoms with Crippen LogP contribution < -0.4 is 14.8 Å². The zero-order chi connectivity index (χ0) is 21.3. The van der Waals surface area contributed by atoms with Crippen molar-refractivity contribution in [2.24, 2.45) is 0 Å². The third-order valence-corrected chi connectivity index (χ3v) is 4.15. The Morgan fingerprint density at radius 3 is 2.53 bits per heavy atom. The van der Waals surface area contributed by atoms with E-state index < -0.39 is 10.8 Å². The van der Waals surface area contributed by atoms with E-state index in [2.05, 4.69) is 10.3 Å². The maximum absolute atomic E-state index is 12.4. The fourth-order valence-corrected chi connectivity index (χ4v) is 2.68. The van der Waals surface area contributed by atoms with Gasteiger partial charge in [0.05, 0.1) is 11.5 Å². The number of benzene rings is 2. The van der Waals surface area contributed by atoms with Crippen molar-refractivity contribution < 1.29 is 19.2 Å². The summed E-state index contributed by atoms with van der Waals surface area (Å²) < 4.78 is 11.4. The smallest absolute Gasteiger partial charge is 0.282 e. The zero-order valence-electron chi connectivity index (χ0n) is 16.4. The Labute approximate surface area is 173 Å². The summed E-state index contributed by atoms with van der Waals surface area (Å²) in [4.78, 5) is 27.2. The van der Waals surface area contributed by atoms with Gasteiger partial charge < -0.3 is 14.8 Å². The molecule has 0 aliphatic rings. The van der Waals surface area contributed by atoms with Crippen molar-refractivity contribution in [3.63, 3.8) is 0 Å². The second-order valence-electron chi connectivity index (χ2n) is 6.35. The highest BCUT2D eigenvalue weighted by Gasteiger charge is 2.19. The van der Waals surface area contributed by atoms with E-state index in [0.29, 0.717) is 23.8 Å². The number of hydrogen-bond donors (Lipinski definition) is 1. The Morgan fingerprint density at radius 1 is 1.07 bits per heavy atom. The largest absolute Gasteiger partial charge is 0.494 e. The van der Waals surface area contributed by atoms with Gasteiger partial charge in [0.25, 0.3) is 11.6 Å². The van der Waals surface area contributed by atoms with Crippen LogP contribution in [-0.4, -0.2) is 22.4 Å². The molecule has 0 saturated heterocycles. The number of para-hydroxylation sites is 1. The molecule has 1 aromatic heterocycles. The number of hydrogen-bond acceptors (Lipinski definition) is 6. The third kappa shape index (κ3) is 5.32. The second-order valence-corrected chi connectivity index (χ2v) is 6.35. The van der Waals surface area contributed by atoms with Crippen LogP contribution >= 0.6 is 0 Å². The van der Waals surface area contributed by atoms with E-state index in [9.17, 15) is 14.9 Å². The lowest BCUT2D eigenvalue weighted by Gasteiger charge is -2.11. The molecular weight excluding hydrogens is 386 g/mol. The molecule has 3 aromatic rings. The van der Waals surface area contributed by atoms with Crippen molar-refractivity contribution in [1.82, 2.24) is 10.3 Å². The first-order chi connectivity index (χ1) is 14.6. The predicted octanol–water partition coefficient (Wildman–Crippen LogP) is 4.50. The highest BCUT2D eigenvalue weighted by Crippen LogP contribution is 2.25. The number of nitro groups is 1. The molecule has 1 N–H and O–H groups in total. The summed E-state index contributed by atoms with van der Waals surface area (Å²) in [5, 5.41) is 13.8. The lowest BCUT2D eigenvalue weighted by Crippen LogP contribution is -2.24. The minimum atomic E-state index is -0.582. The molecule has 0 aliphatic carbocycles.